The zero-order chi connectivity index (χ0) is 19.3. The molecule has 5 aromatic rings. The molecule has 0 bridgehead atoms. The summed E-state index contributed by atoms with van der Waals surface area (Å²) in [6.45, 7) is 4.30. The summed E-state index contributed by atoms with van der Waals surface area (Å²) >= 11 is 0. The van der Waals surface area contributed by atoms with E-state index in [1.807, 2.05) is 0 Å². The fourth-order valence-electron chi connectivity index (χ4n) is 4.19. The predicted octanol–water partition coefficient (Wildman–Crippen LogP) is 6.36. The third kappa shape index (κ3) is 2.53. The molecule has 2 heterocycles. The van der Waals surface area contributed by atoms with Gasteiger partial charge in [-0.3, -0.25) is 0 Å². The molecular formula is C26H22NO+. The van der Waals surface area contributed by atoms with Crippen LogP contribution in [-0.2, 0) is 7.05 Å². The standard InChI is InChI=1S/C26H22NO/c1-17-15-20(19-9-5-4-6-10-19)25-23(16-17)28-22-13-12-18(2)24(26(22)25)21-11-7-8-14-27(21)3/h4-16H,1-3H3/q+1. The fraction of sp³-hybridized carbons (Fsp3) is 0.115. The molecule has 0 aliphatic carbocycles. The molecular weight excluding hydrogens is 342 g/mol. The van der Waals surface area contributed by atoms with Crippen LogP contribution in [0.5, 0.6) is 0 Å². The second kappa shape index (κ2) is 6.35. The minimum absolute atomic E-state index is 0.933. The zero-order valence-electron chi connectivity index (χ0n) is 16.4. The molecule has 2 heteroatoms. The Morgan fingerprint density at radius 2 is 1.54 bits per heavy atom. The van der Waals surface area contributed by atoms with Crippen molar-refractivity contribution in [2.45, 2.75) is 13.8 Å². The Kier molecular flexibility index (Phi) is 3.80. The summed E-state index contributed by atoms with van der Waals surface area (Å²) in [6, 6.07) is 25.6. The van der Waals surface area contributed by atoms with Crippen LogP contribution in [0.3, 0.4) is 0 Å². The van der Waals surface area contributed by atoms with Gasteiger partial charge in [0.1, 0.15) is 18.2 Å². The molecule has 0 saturated heterocycles. The van der Waals surface area contributed by atoms with Gasteiger partial charge in [0.05, 0.1) is 5.56 Å². The van der Waals surface area contributed by atoms with Crippen molar-refractivity contribution < 1.29 is 8.98 Å². The molecule has 2 nitrogen and oxygen atoms in total. The highest BCUT2D eigenvalue weighted by Crippen LogP contribution is 2.42. The van der Waals surface area contributed by atoms with Crippen molar-refractivity contribution in [3.05, 3.63) is 90.1 Å². The predicted molar refractivity (Wildman–Crippen MR) is 115 cm³/mol. The highest BCUT2D eigenvalue weighted by atomic mass is 16.3. The quantitative estimate of drug-likeness (QED) is 0.333. The van der Waals surface area contributed by atoms with Gasteiger partial charge in [-0.2, -0.15) is 0 Å². The molecule has 136 valence electrons. The van der Waals surface area contributed by atoms with E-state index in [4.69, 9.17) is 4.42 Å². The van der Waals surface area contributed by atoms with E-state index in [1.165, 1.54) is 44.3 Å². The van der Waals surface area contributed by atoms with E-state index in [2.05, 4.69) is 104 Å². The summed E-state index contributed by atoms with van der Waals surface area (Å²) in [5, 5.41) is 2.38. The molecule has 3 aromatic carbocycles. The van der Waals surface area contributed by atoms with Gasteiger partial charge in [0.15, 0.2) is 6.20 Å². The van der Waals surface area contributed by atoms with Crippen molar-refractivity contribution in [3.8, 4) is 22.4 Å². The molecule has 28 heavy (non-hydrogen) atoms. The molecule has 5 rings (SSSR count). The zero-order valence-corrected chi connectivity index (χ0v) is 16.4. The summed E-state index contributed by atoms with van der Waals surface area (Å²) in [5.41, 5.74) is 9.18. The van der Waals surface area contributed by atoms with Crippen molar-refractivity contribution in [3.63, 3.8) is 0 Å². The monoisotopic (exact) mass is 364 g/mol. The lowest BCUT2D eigenvalue weighted by Gasteiger charge is -2.09. The molecule has 0 amide bonds. The SMILES string of the molecule is Cc1cc(-c2ccccc2)c2c(c1)oc1ccc(C)c(-c3cccc[n+]3C)c12. The highest BCUT2D eigenvalue weighted by Gasteiger charge is 2.22. The Bertz CT molecular complexity index is 1330. The Morgan fingerprint density at radius 1 is 0.750 bits per heavy atom. The molecule has 0 unspecified atom stereocenters. The summed E-state index contributed by atoms with van der Waals surface area (Å²) in [4.78, 5) is 0. The van der Waals surface area contributed by atoms with Crippen LogP contribution in [0, 0.1) is 13.8 Å². The number of aromatic nitrogens is 1. The van der Waals surface area contributed by atoms with Crippen LogP contribution in [0.1, 0.15) is 11.1 Å². The number of furan rings is 1. The summed E-state index contributed by atoms with van der Waals surface area (Å²) in [7, 11) is 2.10. The summed E-state index contributed by atoms with van der Waals surface area (Å²) in [6.07, 6.45) is 2.10. The lowest BCUT2D eigenvalue weighted by molar-refractivity contribution is -0.660. The molecule has 0 fully saturated rings. The first-order valence-corrected chi connectivity index (χ1v) is 9.60. The van der Waals surface area contributed by atoms with Crippen LogP contribution in [0.4, 0.5) is 0 Å². The second-order valence-electron chi connectivity index (χ2n) is 7.48. The Balaban J connectivity index is 1.99. The largest absolute Gasteiger partial charge is 0.456 e. The van der Waals surface area contributed by atoms with Crippen molar-refractivity contribution in [2.75, 3.05) is 0 Å². The second-order valence-corrected chi connectivity index (χ2v) is 7.48. The van der Waals surface area contributed by atoms with Crippen LogP contribution < -0.4 is 4.57 Å². The van der Waals surface area contributed by atoms with Crippen molar-refractivity contribution in [1.82, 2.24) is 0 Å². The number of hydrogen-bond donors (Lipinski definition) is 0. The number of nitrogens with zero attached hydrogens (tertiary/aromatic N) is 1. The molecule has 2 aromatic heterocycles. The molecule has 0 N–H and O–H groups in total. The van der Waals surface area contributed by atoms with E-state index in [0.29, 0.717) is 0 Å². The number of rotatable bonds is 2. The topological polar surface area (TPSA) is 17.0 Å². The van der Waals surface area contributed by atoms with Crippen LogP contribution in [0.15, 0.2) is 83.4 Å². The first-order valence-electron chi connectivity index (χ1n) is 9.60. The maximum atomic E-state index is 6.34. The van der Waals surface area contributed by atoms with E-state index in [1.54, 1.807) is 0 Å². The highest BCUT2D eigenvalue weighted by molar-refractivity contribution is 6.18. The van der Waals surface area contributed by atoms with Gasteiger partial charge in [-0.15, -0.1) is 0 Å². The average molecular weight is 364 g/mol. The third-order valence-corrected chi connectivity index (χ3v) is 5.49. The van der Waals surface area contributed by atoms with Gasteiger partial charge in [0.2, 0.25) is 5.69 Å². The Morgan fingerprint density at radius 3 is 2.32 bits per heavy atom. The molecule has 0 radical (unpaired) electrons. The number of pyridine rings is 1. The van der Waals surface area contributed by atoms with Gasteiger partial charge < -0.3 is 4.42 Å². The minimum Gasteiger partial charge on any atom is -0.456 e. The molecule has 0 aliphatic rings. The summed E-state index contributed by atoms with van der Waals surface area (Å²) in [5.74, 6) is 0. The third-order valence-electron chi connectivity index (χ3n) is 5.49. The van der Waals surface area contributed by atoms with Crippen LogP contribution in [-0.4, -0.2) is 0 Å². The number of aryl methyl sites for hydroxylation is 3. The molecule has 0 spiro atoms. The van der Waals surface area contributed by atoms with Crippen LogP contribution in [0.25, 0.3) is 44.3 Å². The first-order chi connectivity index (χ1) is 13.6. The Hall–Kier alpha value is -3.39. The van der Waals surface area contributed by atoms with E-state index in [-0.39, 0.29) is 0 Å². The van der Waals surface area contributed by atoms with Crippen LogP contribution in [0.2, 0.25) is 0 Å². The number of hydrogen-bond acceptors (Lipinski definition) is 1. The van der Waals surface area contributed by atoms with Gasteiger partial charge in [0, 0.05) is 22.9 Å². The van der Waals surface area contributed by atoms with E-state index in [0.717, 1.165) is 11.2 Å². The summed E-state index contributed by atoms with van der Waals surface area (Å²) < 4.78 is 8.52. The lowest BCUT2D eigenvalue weighted by atomic mass is 9.93. The lowest BCUT2D eigenvalue weighted by Crippen LogP contribution is -2.30. The Labute approximate surface area is 164 Å². The van der Waals surface area contributed by atoms with Crippen molar-refractivity contribution in [1.29, 1.82) is 0 Å². The smallest absolute Gasteiger partial charge is 0.213 e. The number of benzene rings is 3. The minimum atomic E-state index is 0.933. The first kappa shape index (κ1) is 16.8. The van der Waals surface area contributed by atoms with Crippen molar-refractivity contribution >= 4 is 21.9 Å². The molecule has 0 saturated carbocycles. The fourth-order valence-corrected chi connectivity index (χ4v) is 4.19. The van der Waals surface area contributed by atoms with Gasteiger partial charge in [-0.05, 0) is 54.3 Å². The van der Waals surface area contributed by atoms with E-state index in [9.17, 15) is 0 Å². The van der Waals surface area contributed by atoms with Gasteiger partial charge in [-0.1, -0.05) is 42.5 Å². The molecule has 0 atom stereocenters. The van der Waals surface area contributed by atoms with E-state index < -0.39 is 0 Å². The maximum absolute atomic E-state index is 6.34. The van der Waals surface area contributed by atoms with Crippen LogP contribution >= 0.6 is 0 Å². The average Bonchev–Trinajstić information content (AvgIpc) is 3.07. The normalized spacial score (nSPS) is 11.4. The van der Waals surface area contributed by atoms with Gasteiger partial charge in [-0.25, -0.2) is 4.57 Å². The van der Waals surface area contributed by atoms with Crippen molar-refractivity contribution in [2.24, 2.45) is 7.05 Å². The van der Waals surface area contributed by atoms with Gasteiger partial charge in [0.25, 0.3) is 0 Å². The maximum Gasteiger partial charge on any atom is 0.213 e. The molecule has 0 aliphatic heterocycles. The number of fused-ring (bicyclic) bond motifs is 3. The van der Waals surface area contributed by atoms with Gasteiger partial charge >= 0.3 is 0 Å². The van der Waals surface area contributed by atoms with E-state index >= 15 is 0 Å².